The van der Waals surface area contributed by atoms with E-state index in [0.29, 0.717) is 19.0 Å². The van der Waals surface area contributed by atoms with Crippen molar-refractivity contribution in [1.82, 2.24) is 20.0 Å². The molecule has 1 aromatic heterocycles. The highest BCUT2D eigenvalue weighted by Gasteiger charge is 2.33. The van der Waals surface area contributed by atoms with Crippen LogP contribution in [-0.2, 0) is 6.18 Å². The number of amides is 1. The molecule has 1 atom stereocenters. The summed E-state index contributed by atoms with van der Waals surface area (Å²) in [6.45, 7) is 2.77. The van der Waals surface area contributed by atoms with Crippen LogP contribution in [0.2, 0.25) is 0 Å². The second-order valence-electron chi connectivity index (χ2n) is 4.51. The van der Waals surface area contributed by atoms with Crippen molar-refractivity contribution in [3.63, 3.8) is 0 Å². The molecule has 0 radical (unpaired) electrons. The van der Waals surface area contributed by atoms with Crippen molar-refractivity contribution in [2.75, 3.05) is 12.3 Å². The minimum Gasteiger partial charge on any atom is -0.465 e. The first-order valence-electron chi connectivity index (χ1n) is 6.80. The highest BCUT2D eigenvalue weighted by Crippen LogP contribution is 2.29. The summed E-state index contributed by atoms with van der Waals surface area (Å²) < 4.78 is 40.7. The van der Waals surface area contributed by atoms with Gasteiger partial charge in [-0.2, -0.15) is 13.2 Å². The molecule has 0 aliphatic carbocycles. The lowest BCUT2D eigenvalue weighted by atomic mass is 10.1. The summed E-state index contributed by atoms with van der Waals surface area (Å²) >= 11 is 1.58. The normalized spacial score (nSPS) is 13.1. The first-order valence-corrected chi connectivity index (χ1v) is 7.79. The lowest BCUT2D eigenvalue weighted by molar-refractivity contribution is -0.141. The number of rotatable bonds is 9. The molecule has 1 heterocycles. The Morgan fingerprint density at radius 3 is 2.77 bits per heavy atom. The molecule has 1 unspecified atom stereocenters. The average Bonchev–Trinajstić information content (AvgIpc) is 2.90. The monoisotopic (exact) mass is 340 g/mol. The fraction of sp³-hybridized carbons (Fsp3) is 0.667. The Morgan fingerprint density at radius 1 is 1.50 bits per heavy atom. The van der Waals surface area contributed by atoms with Crippen molar-refractivity contribution < 1.29 is 23.1 Å². The highest BCUT2D eigenvalue weighted by atomic mass is 32.2. The van der Waals surface area contributed by atoms with Gasteiger partial charge in [0.2, 0.25) is 0 Å². The number of hydrogen-bond donors (Lipinski definition) is 4. The maximum absolute atomic E-state index is 12.5. The largest absolute Gasteiger partial charge is 0.465 e. The zero-order chi connectivity index (χ0) is 16.6. The molecule has 0 saturated heterocycles. The van der Waals surface area contributed by atoms with Crippen molar-refractivity contribution in [3.05, 3.63) is 17.7 Å². The molecule has 0 saturated carbocycles. The van der Waals surface area contributed by atoms with Gasteiger partial charge in [-0.25, -0.2) is 9.78 Å². The molecule has 1 rings (SSSR count). The zero-order valence-corrected chi connectivity index (χ0v) is 12.9. The molecule has 0 bridgehead atoms. The maximum Gasteiger partial charge on any atom is 0.432 e. The Morgan fingerprint density at radius 2 is 2.23 bits per heavy atom. The van der Waals surface area contributed by atoms with Gasteiger partial charge in [0.1, 0.15) is 11.5 Å². The van der Waals surface area contributed by atoms with E-state index in [-0.39, 0.29) is 5.82 Å². The van der Waals surface area contributed by atoms with Crippen LogP contribution in [0.4, 0.5) is 18.0 Å². The van der Waals surface area contributed by atoms with Crippen LogP contribution < -0.4 is 10.0 Å². The van der Waals surface area contributed by atoms with E-state index in [1.165, 1.54) is 0 Å². The molecule has 10 heteroatoms. The number of halogens is 3. The van der Waals surface area contributed by atoms with Gasteiger partial charge in [0.05, 0.1) is 12.2 Å². The van der Waals surface area contributed by atoms with Crippen LogP contribution in [0.25, 0.3) is 0 Å². The molecule has 0 aromatic carbocycles. The number of unbranched alkanes of at least 4 members (excludes halogenated alkanes) is 1. The molecule has 4 N–H and O–H groups in total. The summed E-state index contributed by atoms with van der Waals surface area (Å²) in [6.07, 6.45) is -3.34. The fourth-order valence-electron chi connectivity index (χ4n) is 1.80. The summed E-state index contributed by atoms with van der Waals surface area (Å²) in [4.78, 5) is 16.6. The van der Waals surface area contributed by atoms with Gasteiger partial charge in [-0.15, -0.1) is 0 Å². The summed E-state index contributed by atoms with van der Waals surface area (Å²) in [7, 11) is 0. The summed E-state index contributed by atoms with van der Waals surface area (Å²) in [6, 6.07) is -0.785. The first kappa shape index (κ1) is 18.6. The van der Waals surface area contributed by atoms with E-state index >= 15 is 0 Å². The van der Waals surface area contributed by atoms with E-state index in [2.05, 4.69) is 20.0 Å². The van der Waals surface area contributed by atoms with E-state index in [9.17, 15) is 18.0 Å². The van der Waals surface area contributed by atoms with Gasteiger partial charge in [-0.1, -0.05) is 18.9 Å². The Hall–Kier alpha value is -1.42. The van der Waals surface area contributed by atoms with E-state index < -0.39 is 24.0 Å². The van der Waals surface area contributed by atoms with Crippen LogP contribution in [0.15, 0.2) is 6.20 Å². The molecule has 1 aromatic rings. The van der Waals surface area contributed by atoms with Crippen molar-refractivity contribution in [2.24, 2.45) is 0 Å². The summed E-state index contributed by atoms with van der Waals surface area (Å²) in [5.41, 5.74) is -0.985. The molecule has 0 spiro atoms. The van der Waals surface area contributed by atoms with Crippen LogP contribution in [-0.4, -0.2) is 33.5 Å². The standard InChI is InChI=1S/C12H19F3N4O2S/c1-2-22-17-6-4-3-5-8(18-11(20)21)10-16-7-9(19-10)12(13,14)15/h7-8,17-18H,2-6H2,1H3,(H,16,19)(H,20,21). The number of carbonyl (C=O) groups is 1. The van der Waals surface area contributed by atoms with Gasteiger partial charge >= 0.3 is 12.3 Å². The third-order valence-corrected chi connectivity index (χ3v) is 3.49. The molecule has 1 amide bonds. The number of carboxylic acid groups (broad SMARTS) is 1. The molecule has 126 valence electrons. The number of hydrogen-bond acceptors (Lipinski definition) is 4. The van der Waals surface area contributed by atoms with Crippen molar-refractivity contribution >= 4 is 18.0 Å². The topological polar surface area (TPSA) is 90.0 Å². The Bertz CT molecular complexity index is 467. The van der Waals surface area contributed by atoms with Gasteiger partial charge in [0.25, 0.3) is 0 Å². The van der Waals surface area contributed by atoms with Crippen LogP contribution in [0.3, 0.4) is 0 Å². The van der Waals surface area contributed by atoms with Crippen LogP contribution in [0, 0.1) is 0 Å². The predicted molar refractivity (Wildman–Crippen MR) is 77.5 cm³/mol. The second-order valence-corrected chi connectivity index (χ2v) is 5.66. The highest BCUT2D eigenvalue weighted by molar-refractivity contribution is 7.97. The van der Waals surface area contributed by atoms with Gasteiger partial charge < -0.3 is 15.4 Å². The van der Waals surface area contributed by atoms with Gasteiger partial charge in [-0.05, 0) is 19.3 Å². The number of H-pyrrole nitrogens is 1. The quantitative estimate of drug-likeness (QED) is 0.409. The smallest absolute Gasteiger partial charge is 0.432 e. The summed E-state index contributed by atoms with van der Waals surface area (Å²) in [5.74, 6) is 0.918. The van der Waals surface area contributed by atoms with E-state index in [1.807, 2.05) is 6.92 Å². The number of nitrogens with zero attached hydrogens (tertiary/aromatic N) is 1. The van der Waals surface area contributed by atoms with Gasteiger partial charge in [0.15, 0.2) is 0 Å². The van der Waals surface area contributed by atoms with Crippen LogP contribution >= 0.6 is 11.9 Å². The molecule has 0 aliphatic rings. The molecule has 0 fully saturated rings. The fourth-order valence-corrected chi connectivity index (χ4v) is 2.30. The first-order chi connectivity index (χ1) is 10.3. The van der Waals surface area contributed by atoms with E-state index in [0.717, 1.165) is 18.7 Å². The third-order valence-electron chi connectivity index (χ3n) is 2.80. The molecule has 6 nitrogen and oxygen atoms in total. The van der Waals surface area contributed by atoms with Crippen LogP contribution in [0.1, 0.15) is 43.7 Å². The lowest BCUT2D eigenvalue weighted by Gasteiger charge is -2.14. The zero-order valence-electron chi connectivity index (χ0n) is 12.0. The Kier molecular flexibility index (Phi) is 7.52. The number of imidazole rings is 1. The van der Waals surface area contributed by atoms with E-state index in [4.69, 9.17) is 5.11 Å². The number of nitrogens with one attached hydrogen (secondary N) is 3. The Balaban J connectivity index is 2.57. The van der Waals surface area contributed by atoms with Gasteiger partial charge in [0, 0.05) is 12.3 Å². The molecular weight excluding hydrogens is 321 g/mol. The predicted octanol–water partition coefficient (Wildman–Crippen LogP) is 3.17. The molecule has 22 heavy (non-hydrogen) atoms. The summed E-state index contributed by atoms with van der Waals surface area (Å²) in [5, 5.41) is 11.0. The van der Waals surface area contributed by atoms with Gasteiger partial charge in [-0.3, -0.25) is 4.72 Å². The SMILES string of the molecule is CCSNCCCCC(NC(=O)O)c1ncc(C(F)(F)F)[nH]1. The number of aromatic amines is 1. The number of alkyl halides is 3. The Labute approximate surface area is 130 Å². The van der Waals surface area contributed by atoms with Crippen molar-refractivity contribution in [2.45, 2.75) is 38.4 Å². The average molecular weight is 340 g/mol. The molecule has 0 aliphatic heterocycles. The van der Waals surface area contributed by atoms with Crippen LogP contribution in [0.5, 0.6) is 0 Å². The number of aromatic nitrogens is 2. The minimum absolute atomic E-state index is 0.0226. The molecular formula is C12H19F3N4O2S. The maximum atomic E-state index is 12.5. The van der Waals surface area contributed by atoms with Crippen molar-refractivity contribution in [1.29, 1.82) is 0 Å². The van der Waals surface area contributed by atoms with Crippen molar-refractivity contribution in [3.8, 4) is 0 Å². The second kappa shape index (κ2) is 8.89. The lowest BCUT2D eigenvalue weighted by Crippen LogP contribution is -2.28. The van der Waals surface area contributed by atoms with E-state index in [1.54, 1.807) is 11.9 Å². The minimum atomic E-state index is -4.53. The third kappa shape index (κ3) is 6.56.